The quantitative estimate of drug-likeness (QED) is 0.110. The molecule has 8 N–H and O–H groups in total. The highest BCUT2D eigenvalue weighted by atomic mass is 16.6. The van der Waals surface area contributed by atoms with Gasteiger partial charge in [0, 0.05) is 50.0 Å². The number of rotatable bonds is 10. The Bertz CT molecular complexity index is 720. The Labute approximate surface area is 173 Å². The SMILES string of the molecule is Nc1ccc(NCCOC(=O)NCCN[C@@H]2CC(O)[C@H](O)C(CO)C2)c([N+](=O)[O-])c1. The van der Waals surface area contributed by atoms with E-state index in [4.69, 9.17) is 10.5 Å². The Morgan fingerprint density at radius 1 is 1.27 bits per heavy atom. The smallest absolute Gasteiger partial charge is 0.407 e. The topological polar surface area (TPSA) is 192 Å². The van der Waals surface area contributed by atoms with Gasteiger partial charge in [0.2, 0.25) is 0 Å². The van der Waals surface area contributed by atoms with Crippen LogP contribution in [0.5, 0.6) is 0 Å². The van der Waals surface area contributed by atoms with E-state index in [-0.39, 0.29) is 55.3 Å². The molecular formula is C18H29N5O7. The zero-order valence-electron chi connectivity index (χ0n) is 16.5. The molecule has 0 aromatic heterocycles. The molecule has 2 rings (SSSR count). The van der Waals surface area contributed by atoms with Crippen LogP contribution in [0.2, 0.25) is 0 Å². The van der Waals surface area contributed by atoms with E-state index in [1.54, 1.807) is 0 Å². The van der Waals surface area contributed by atoms with E-state index in [9.17, 15) is 30.2 Å². The number of anilines is 2. The van der Waals surface area contributed by atoms with E-state index in [1.807, 2.05) is 0 Å². The summed E-state index contributed by atoms with van der Waals surface area (Å²) in [7, 11) is 0. The number of ether oxygens (including phenoxy) is 1. The van der Waals surface area contributed by atoms with Gasteiger partial charge in [0.25, 0.3) is 5.69 Å². The second-order valence-corrected chi connectivity index (χ2v) is 7.15. The molecule has 1 aliphatic carbocycles. The summed E-state index contributed by atoms with van der Waals surface area (Å²) < 4.78 is 5.00. The Hall–Kier alpha value is -2.67. The molecule has 12 heteroatoms. The number of carbonyl (C=O) groups is 1. The Morgan fingerprint density at radius 3 is 2.73 bits per heavy atom. The van der Waals surface area contributed by atoms with Gasteiger partial charge in [-0.2, -0.15) is 0 Å². The first kappa shape index (κ1) is 23.6. The van der Waals surface area contributed by atoms with Crippen molar-refractivity contribution in [1.82, 2.24) is 10.6 Å². The van der Waals surface area contributed by atoms with Gasteiger partial charge in [0.1, 0.15) is 12.3 Å². The molecule has 1 saturated carbocycles. The third-order valence-electron chi connectivity index (χ3n) is 4.92. The first-order valence-corrected chi connectivity index (χ1v) is 9.70. The third kappa shape index (κ3) is 6.99. The number of benzene rings is 1. The lowest BCUT2D eigenvalue weighted by Gasteiger charge is -2.36. The normalized spacial score (nSPS) is 23.6. The molecular weight excluding hydrogens is 398 g/mol. The van der Waals surface area contributed by atoms with Crippen molar-refractivity contribution in [1.29, 1.82) is 0 Å². The maximum atomic E-state index is 11.7. The number of nitro groups is 1. The molecule has 0 aliphatic heterocycles. The van der Waals surface area contributed by atoms with E-state index in [0.717, 1.165) is 0 Å². The highest BCUT2D eigenvalue weighted by Crippen LogP contribution is 2.26. The van der Waals surface area contributed by atoms with Gasteiger partial charge in [-0.3, -0.25) is 10.1 Å². The molecule has 4 atom stereocenters. The first-order chi connectivity index (χ1) is 14.3. The first-order valence-electron chi connectivity index (χ1n) is 9.70. The van der Waals surface area contributed by atoms with Gasteiger partial charge < -0.3 is 41.7 Å². The standard InChI is InChI=1S/C18H29N5O7/c19-12-1-2-14(15(8-12)23(28)29)21-5-6-30-18(27)22-4-3-20-13-7-11(10-24)17(26)16(25)9-13/h1-2,8,11,13,16-17,20-21,24-26H,3-7,9-10,19H2,(H,22,27)/t11?,13-,16?,17+/m0/s1. The Balaban J connectivity index is 1.60. The predicted molar refractivity (Wildman–Crippen MR) is 109 cm³/mol. The highest BCUT2D eigenvalue weighted by molar-refractivity contribution is 5.68. The number of hydrogen-bond donors (Lipinski definition) is 7. The van der Waals surface area contributed by atoms with Crippen LogP contribution in [0.25, 0.3) is 0 Å². The van der Waals surface area contributed by atoms with Crippen molar-refractivity contribution in [3.63, 3.8) is 0 Å². The molecule has 1 amide bonds. The van der Waals surface area contributed by atoms with Crippen LogP contribution in [0.1, 0.15) is 12.8 Å². The molecule has 0 radical (unpaired) electrons. The van der Waals surface area contributed by atoms with Crippen molar-refractivity contribution in [2.45, 2.75) is 31.1 Å². The van der Waals surface area contributed by atoms with Gasteiger partial charge in [-0.05, 0) is 25.0 Å². The second-order valence-electron chi connectivity index (χ2n) is 7.15. The number of nitro benzene ring substituents is 1. The molecule has 0 saturated heterocycles. The van der Waals surface area contributed by atoms with Gasteiger partial charge in [-0.25, -0.2) is 4.79 Å². The largest absolute Gasteiger partial charge is 0.448 e. The maximum absolute atomic E-state index is 11.7. The number of aliphatic hydroxyl groups is 3. The fourth-order valence-electron chi connectivity index (χ4n) is 3.37. The van der Waals surface area contributed by atoms with E-state index in [1.165, 1.54) is 18.2 Å². The summed E-state index contributed by atoms with van der Waals surface area (Å²) in [6.45, 7) is 0.701. The van der Waals surface area contributed by atoms with Crippen LogP contribution in [0.3, 0.4) is 0 Å². The van der Waals surface area contributed by atoms with Gasteiger partial charge >= 0.3 is 6.09 Å². The lowest BCUT2D eigenvalue weighted by molar-refractivity contribution is -0.383. The third-order valence-corrected chi connectivity index (χ3v) is 4.92. The molecule has 1 aromatic carbocycles. The number of alkyl carbamates (subject to hydrolysis) is 1. The van der Waals surface area contributed by atoms with Crippen molar-refractivity contribution in [2.75, 3.05) is 43.9 Å². The van der Waals surface area contributed by atoms with Crippen LogP contribution in [-0.4, -0.2) is 77.4 Å². The number of nitrogen functional groups attached to an aromatic ring is 1. The van der Waals surface area contributed by atoms with Gasteiger partial charge in [-0.1, -0.05) is 0 Å². The van der Waals surface area contributed by atoms with Crippen molar-refractivity contribution >= 4 is 23.2 Å². The summed E-state index contributed by atoms with van der Waals surface area (Å²) >= 11 is 0. The predicted octanol–water partition coefficient (Wildman–Crippen LogP) is -0.603. The molecule has 12 nitrogen and oxygen atoms in total. The fourth-order valence-corrected chi connectivity index (χ4v) is 3.37. The molecule has 0 bridgehead atoms. The summed E-state index contributed by atoms with van der Waals surface area (Å²) in [6.07, 6.45) is -1.55. The van der Waals surface area contributed by atoms with Crippen LogP contribution < -0.4 is 21.7 Å². The Kier molecular flexibility index (Phi) is 9.05. The number of amides is 1. The van der Waals surface area contributed by atoms with Crippen molar-refractivity contribution in [3.8, 4) is 0 Å². The average molecular weight is 427 g/mol. The van der Waals surface area contributed by atoms with Crippen LogP contribution in [0, 0.1) is 16.0 Å². The van der Waals surface area contributed by atoms with Crippen molar-refractivity contribution in [3.05, 3.63) is 28.3 Å². The molecule has 1 fully saturated rings. The van der Waals surface area contributed by atoms with E-state index >= 15 is 0 Å². The molecule has 168 valence electrons. The van der Waals surface area contributed by atoms with Gasteiger partial charge in [-0.15, -0.1) is 0 Å². The Morgan fingerprint density at radius 2 is 2.03 bits per heavy atom. The van der Waals surface area contributed by atoms with Crippen LogP contribution in [-0.2, 0) is 4.74 Å². The molecule has 30 heavy (non-hydrogen) atoms. The van der Waals surface area contributed by atoms with Crippen LogP contribution in [0.4, 0.5) is 21.9 Å². The second kappa shape index (κ2) is 11.5. The number of carbonyl (C=O) groups excluding carboxylic acids is 1. The van der Waals surface area contributed by atoms with E-state index in [2.05, 4.69) is 16.0 Å². The molecule has 1 aliphatic rings. The summed E-state index contributed by atoms with van der Waals surface area (Å²) in [4.78, 5) is 22.2. The molecule has 0 heterocycles. The number of nitrogens with two attached hydrogens (primary N) is 1. The average Bonchev–Trinajstić information content (AvgIpc) is 2.71. The minimum Gasteiger partial charge on any atom is -0.448 e. The number of nitrogens with one attached hydrogen (secondary N) is 3. The lowest BCUT2D eigenvalue weighted by atomic mass is 9.82. The number of nitrogens with zero attached hydrogens (tertiary/aromatic N) is 1. The lowest BCUT2D eigenvalue weighted by Crippen LogP contribution is -2.50. The zero-order valence-corrected chi connectivity index (χ0v) is 16.5. The van der Waals surface area contributed by atoms with Crippen LogP contribution >= 0.6 is 0 Å². The minimum atomic E-state index is -0.926. The van der Waals surface area contributed by atoms with E-state index < -0.39 is 23.2 Å². The molecule has 0 spiro atoms. The maximum Gasteiger partial charge on any atom is 0.407 e. The number of aliphatic hydroxyl groups excluding tert-OH is 3. The minimum absolute atomic E-state index is 0.00563. The summed E-state index contributed by atoms with van der Waals surface area (Å²) in [5.74, 6) is -0.381. The van der Waals surface area contributed by atoms with Crippen molar-refractivity contribution in [2.24, 2.45) is 5.92 Å². The number of hydrogen-bond acceptors (Lipinski definition) is 10. The monoisotopic (exact) mass is 427 g/mol. The summed E-state index contributed by atoms with van der Waals surface area (Å²) in [5.41, 5.74) is 5.95. The van der Waals surface area contributed by atoms with E-state index in [0.29, 0.717) is 19.4 Å². The molecule has 2 unspecified atom stereocenters. The van der Waals surface area contributed by atoms with Gasteiger partial charge in [0.15, 0.2) is 0 Å². The molecule has 1 aromatic rings. The highest BCUT2D eigenvalue weighted by Gasteiger charge is 2.35. The zero-order chi connectivity index (χ0) is 22.1. The fraction of sp³-hybridized carbons (Fsp3) is 0.611. The van der Waals surface area contributed by atoms with Gasteiger partial charge in [0.05, 0.1) is 17.1 Å². The van der Waals surface area contributed by atoms with Crippen LogP contribution in [0.15, 0.2) is 18.2 Å². The summed E-state index contributed by atoms with van der Waals surface area (Å²) in [6, 6.07) is 4.20. The van der Waals surface area contributed by atoms with Crippen molar-refractivity contribution < 1.29 is 29.8 Å². The summed E-state index contributed by atoms with van der Waals surface area (Å²) in [5, 5.41) is 48.4.